The second kappa shape index (κ2) is 6.95. The summed E-state index contributed by atoms with van der Waals surface area (Å²) < 4.78 is 21.4. The van der Waals surface area contributed by atoms with Crippen molar-refractivity contribution in [2.45, 2.75) is 12.7 Å². The van der Waals surface area contributed by atoms with Crippen LogP contribution in [0.25, 0.3) is 16.8 Å². The molecule has 0 radical (unpaired) electrons. The molecule has 4 nitrogen and oxygen atoms in total. The quantitative estimate of drug-likeness (QED) is 0.740. The number of hydrogen-bond donors (Lipinski definition) is 1. The van der Waals surface area contributed by atoms with Crippen LogP contribution in [0.5, 0.6) is 0 Å². The summed E-state index contributed by atoms with van der Waals surface area (Å²) in [6, 6.07) is 18.5. The fraction of sp³-hybridized carbons (Fsp3) is 0.105. The summed E-state index contributed by atoms with van der Waals surface area (Å²) in [6.07, 6.45) is 1.82. The molecule has 0 fully saturated rings. The van der Waals surface area contributed by atoms with E-state index in [0.717, 1.165) is 27.9 Å². The molecule has 1 unspecified atom stereocenters. The van der Waals surface area contributed by atoms with Crippen molar-refractivity contribution in [3.8, 4) is 16.8 Å². The summed E-state index contributed by atoms with van der Waals surface area (Å²) in [7, 11) is 0. The van der Waals surface area contributed by atoms with Crippen molar-refractivity contribution in [2.24, 2.45) is 0 Å². The van der Waals surface area contributed by atoms with E-state index >= 15 is 0 Å². The lowest BCUT2D eigenvalue weighted by Crippen LogP contribution is -2.16. The van der Waals surface area contributed by atoms with Crippen LogP contribution in [-0.4, -0.2) is 13.3 Å². The van der Waals surface area contributed by atoms with Gasteiger partial charge in [-0.15, -0.1) is 0 Å². The van der Waals surface area contributed by atoms with E-state index in [1.54, 1.807) is 16.7 Å². The normalized spacial score (nSPS) is 12.1. The van der Waals surface area contributed by atoms with E-state index in [-0.39, 0.29) is 11.3 Å². The molecule has 2 aromatic carbocycles. The number of rotatable bonds is 4. The van der Waals surface area contributed by atoms with Crippen molar-refractivity contribution in [3.05, 3.63) is 88.3 Å². The van der Waals surface area contributed by atoms with Gasteiger partial charge in [0.2, 0.25) is 0 Å². The maximum absolute atomic E-state index is 12.2. The van der Waals surface area contributed by atoms with Gasteiger partial charge in [-0.05, 0) is 47.4 Å². The molecule has 122 valence electrons. The van der Waals surface area contributed by atoms with Crippen molar-refractivity contribution < 1.29 is 8.76 Å². The molecule has 1 heterocycles. The number of benzene rings is 2. The molecule has 0 saturated carbocycles. The molecule has 5 heteroatoms. The third-order valence-corrected chi connectivity index (χ3v) is 4.35. The fourth-order valence-corrected chi connectivity index (χ4v) is 3.05. The monoisotopic (exact) mass is 339 g/mol. The molecule has 0 aliphatic carbocycles. The molecule has 1 N–H and O–H groups in total. The van der Waals surface area contributed by atoms with E-state index in [1.165, 1.54) is 0 Å². The molecule has 3 aromatic rings. The average Bonchev–Trinajstić information content (AvgIpc) is 2.55. The van der Waals surface area contributed by atoms with Crippen LogP contribution < -0.4 is 5.56 Å². The zero-order valence-electron chi connectivity index (χ0n) is 13.2. The molecule has 0 bridgehead atoms. The van der Waals surface area contributed by atoms with Crippen LogP contribution in [-0.2, 0) is 16.8 Å². The van der Waals surface area contributed by atoms with Crippen LogP contribution >= 0.6 is 0 Å². The Morgan fingerprint density at radius 3 is 2.38 bits per heavy atom. The molecule has 0 amide bonds. The predicted molar refractivity (Wildman–Crippen MR) is 96.7 cm³/mol. The summed E-state index contributed by atoms with van der Waals surface area (Å²) >= 11 is -1.85. The highest BCUT2D eigenvalue weighted by Gasteiger charge is 2.05. The van der Waals surface area contributed by atoms with Gasteiger partial charge < -0.3 is 4.55 Å². The molecular weight excluding hydrogens is 322 g/mol. The van der Waals surface area contributed by atoms with Crippen LogP contribution in [0.2, 0.25) is 0 Å². The van der Waals surface area contributed by atoms with E-state index < -0.39 is 11.1 Å². The third kappa shape index (κ3) is 3.69. The van der Waals surface area contributed by atoms with Crippen LogP contribution in [0.15, 0.2) is 71.7 Å². The van der Waals surface area contributed by atoms with Gasteiger partial charge in [0.1, 0.15) is 0 Å². The molecule has 0 aliphatic rings. The van der Waals surface area contributed by atoms with Gasteiger partial charge >= 0.3 is 0 Å². The number of aromatic nitrogens is 1. The topological polar surface area (TPSA) is 59.3 Å². The first-order valence-corrected chi connectivity index (χ1v) is 8.77. The Kier molecular flexibility index (Phi) is 4.74. The number of hydrogen-bond acceptors (Lipinski definition) is 2. The molecule has 1 atom stereocenters. The van der Waals surface area contributed by atoms with E-state index in [1.807, 2.05) is 61.7 Å². The Morgan fingerprint density at radius 1 is 1.00 bits per heavy atom. The molecule has 0 saturated heterocycles. The lowest BCUT2D eigenvalue weighted by atomic mass is 10.1. The summed E-state index contributed by atoms with van der Waals surface area (Å²) in [4.78, 5) is 12.2. The van der Waals surface area contributed by atoms with Gasteiger partial charge in [0, 0.05) is 18.0 Å². The summed E-state index contributed by atoms with van der Waals surface area (Å²) in [6.45, 7) is 1.99. The zero-order valence-corrected chi connectivity index (χ0v) is 14.0. The molecule has 3 rings (SSSR count). The Labute approximate surface area is 142 Å². The molecule has 0 aliphatic heterocycles. The van der Waals surface area contributed by atoms with Crippen molar-refractivity contribution in [1.82, 2.24) is 4.57 Å². The van der Waals surface area contributed by atoms with Gasteiger partial charge in [-0.2, -0.15) is 0 Å². The third-order valence-electron chi connectivity index (χ3n) is 3.77. The maximum atomic E-state index is 12.2. The minimum absolute atomic E-state index is 0.0864. The first-order valence-electron chi connectivity index (χ1n) is 7.49. The molecule has 1 aromatic heterocycles. The summed E-state index contributed by atoms with van der Waals surface area (Å²) in [5, 5.41) is 0. The van der Waals surface area contributed by atoms with Crippen molar-refractivity contribution in [1.29, 1.82) is 0 Å². The molecular formula is C19H17NO3S. The zero-order chi connectivity index (χ0) is 17.1. The van der Waals surface area contributed by atoms with Crippen molar-refractivity contribution in [3.63, 3.8) is 0 Å². The van der Waals surface area contributed by atoms with Crippen LogP contribution in [0.3, 0.4) is 0 Å². The minimum Gasteiger partial charge on any atom is -0.306 e. The van der Waals surface area contributed by atoms with Crippen LogP contribution in [0, 0.1) is 6.92 Å². The Hall–Kier alpha value is -2.50. The van der Waals surface area contributed by atoms with E-state index in [0.29, 0.717) is 0 Å². The lowest BCUT2D eigenvalue weighted by molar-refractivity contribution is 0.563. The average molecular weight is 339 g/mol. The second-order valence-electron chi connectivity index (χ2n) is 5.63. The Bertz CT molecular complexity index is 945. The van der Waals surface area contributed by atoms with E-state index in [2.05, 4.69) is 0 Å². The first-order chi connectivity index (χ1) is 11.5. The minimum atomic E-state index is -1.85. The van der Waals surface area contributed by atoms with E-state index in [9.17, 15) is 9.00 Å². The van der Waals surface area contributed by atoms with Gasteiger partial charge in [0.05, 0.1) is 5.75 Å². The molecule has 24 heavy (non-hydrogen) atoms. The Balaban J connectivity index is 1.99. The predicted octanol–water partition coefficient (Wildman–Crippen LogP) is 3.53. The van der Waals surface area contributed by atoms with Crippen molar-refractivity contribution >= 4 is 11.1 Å². The summed E-state index contributed by atoms with van der Waals surface area (Å²) in [5.41, 5.74) is 4.49. The fourth-order valence-electron chi connectivity index (χ4n) is 2.57. The van der Waals surface area contributed by atoms with Gasteiger partial charge in [-0.3, -0.25) is 9.36 Å². The second-order valence-corrected chi connectivity index (χ2v) is 6.56. The van der Waals surface area contributed by atoms with E-state index in [4.69, 9.17) is 4.55 Å². The number of nitrogens with zero attached hydrogens (tertiary/aromatic N) is 1. The summed E-state index contributed by atoms with van der Waals surface area (Å²) in [5.74, 6) is 0.114. The van der Waals surface area contributed by atoms with Gasteiger partial charge in [0.25, 0.3) is 5.56 Å². The van der Waals surface area contributed by atoms with Gasteiger partial charge in [-0.25, -0.2) is 4.21 Å². The Morgan fingerprint density at radius 2 is 1.71 bits per heavy atom. The SMILES string of the molecule is Cc1cccc(-n2cc(-c3ccc(CS(=O)O)cc3)ccc2=O)c1. The van der Waals surface area contributed by atoms with Crippen LogP contribution in [0.4, 0.5) is 0 Å². The van der Waals surface area contributed by atoms with Gasteiger partial charge in [-0.1, -0.05) is 36.4 Å². The van der Waals surface area contributed by atoms with Crippen LogP contribution in [0.1, 0.15) is 11.1 Å². The number of pyridine rings is 1. The largest absolute Gasteiger partial charge is 0.306 e. The van der Waals surface area contributed by atoms with Crippen molar-refractivity contribution in [2.75, 3.05) is 0 Å². The highest BCUT2D eigenvalue weighted by Crippen LogP contribution is 2.20. The maximum Gasteiger partial charge on any atom is 0.255 e. The highest BCUT2D eigenvalue weighted by molar-refractivity contribution is 7.78. The lowest BCUT2D eigenvalue weighted by Gasteiger charge is -2.10. The number of aryl methyl sites for hydroxylation is 1. The smallest absolute Gasteiger partial charge is 0.255 e. The standard InChI is InChI=1S/C19H17NO3S/c1-14-3-2-4-18(11-14)20-12-17(9-10-19(20)21)16-7-5-15(6-8-16)13-24(22)23/h2-12H,13H2,1H3,(H,22,23). The molecule has 0 spiro atoms. The van der Waals surface area contributed by atoms with Gasteiger partial charge in [0.15, 0.2) is 11.1 Å². The first kappa shape index (κ1) is 16.4. The highest BCUT2D eigenvalue weighted by atomic mass is 32.2.